The predicted molar refractivity (Wildman–Crippen MR) is 48.0 cm³/mol. The van der Waals surface area contributed by atoms with Gasteiger partial charge in [-0.05, 0) is 17.6 Å². The van der Waals surface area contributed by atoms with Gasteiger partial charge in [0.25, 0.3) is 0 Å². The summed E-state index contributed by atoms with van der Waals surface area (Å²) in [6.07, 6.45) is 3.16. The number of aromatic nitrogens is 4. The van der Waals surface area contributed by atoms with Gasteiger partial charge in [0.1, 0.15) is 17.7 Å². The second-order valence-corrected chi connectivity index (χ2v) is 2.82. The highest BCUT2D eigenvalue weighted by molar-refractivity contribution is 5.59. The fourth-order valence-corrected chi connectivity index (χ4v) is 1.17. The second kappa shape index (κ2) is 3.51. The lowest BCUT2D eigenvalue weighted by atomic mass is 10.1. The molecule has 2 aromatic rings. The van der Waals surface area contributed by atoms with Crippen molar-refractivity contribution in [3.05, 3.63) is 23.8 Å². The van der Waals surface area contributed by atoms with Crippen LogP contribution in [0, 0.1) is 6.92 Å². The van der Waals surface area contributed by atoms with E-state index in [4.69, 9.17) is 5.73 Å². The van der Waals surface area contributed by atoms with Crippen LogP contribution >= 0.6 is 0 Å². The fraction of sp³-hybridized carbons (Fsp3) is 0.250. The summed E-state index contributed by atoms with van der Waals surface area (Å²) >= 11 is 0. The van der Waals surface area contributed by atoms with E-state index in [-0.39, 0.29) is 6.54 Å². The topological polar surface area (TPSA) is 90.7 Å². The molecular formula is C8H9N5O. The third-order valence-electron chi connectivity index (χ3n) is 1.87. The molecular weight excluding hydrogens is 182 g/mol. The van der Waals surface area contributed by atoms with E-state index in [2.05, 4.69) is 24.9 Å². The molecule has 6 nitrogen and oxygen atoms in total. The number of nitrogens with zero attached hydrogens (tertiary/aromatic N) is 4. The lowest BCUT2D eigenvalue weighted by Gasteiger charge is -1.99. The van der Waals surface area contributed by atoms with Crippen molar-refractivity contribution in [3.8, 4) is 11.4 Å². The lowest BCUT2D eigenvalue weighted by Crippen LogP contribution is -2.00. The molecule has 0 aliphatic heterocycles. The first-order valence-electron chi connectivity index (χ1n) is 4.11. The van der Waals surface area contributed by atoms with Crippen molar-refractivity contribution in [2.75, 3.05) is 0 Å². The van der Waals surface area contributed by atoms with Crippen molar-refractivity contribution in [1.29, 1.82) is 0 Å². The quantitative estimate of drug-likeness (QED) is 0.733. The van der Waals surface area contributed by atoms with Crippen molar-refractivity contribution >= 4 is 0 Å². The maximum Gasteiger partial charge on any atom is 0.158 e. The fourth-order valence-electron chi connectivity index (χ4n) is 1.17. The van der Waals surface area contributed by atoms with Crippen LogP contribution in [0.1, 0.15) is 11.3 Å². The van der Waals surface area contributed by atoms with Gasteiger partial charge in [0, 0.05) is 12.7 Å². The van der Waals surface area contributed by atoms with Gasteiger partial charge in [-0.1, -0.05) is 5.16 Å². The molecule has 0 aromatic carbocycles. The van der Waals surface area contributed by atoms with Crippen LogP contribution in [0.25, 0.3) is 11.4 Å². The number of rotatable bonds is 2. The highest BCUT2D eigenvalue weighted by Crippen LogP contribution is 2.19. The van der Waals surface area contributed by atoms with E-state index in [1.54, 1.807) is 6.20 Å². The Bertz CT molecular complexity index is 439. The Kier molecular flexibility index (Phi) is 2.19. The van der Waals surface area contributed by atoms with E-state index in [1.807, 2.05) is 6.92 Å². The van der Waals surface area contributed by atoms with Crippen molar-refractivity contribution < 1.29 is 4.63 Å². The minimum atomic E-state index is 0.280. The van der Waals surface area contributed by atoms with Crippen molar-refractivity contribution in [3.63, 3.8) is 0 Å². The van der Waals surface area contributed by atoms with Crippen molar-refractivity contribution in [1.82, 2.24) is 20.3 Å². The molecule has 0 fully saturated rings. The molecule has 0 spiro atoms. The molecule has 2 heterocycles. The predicted octanol–water partition coefficient (Wildman–Crippen LogP) is 0.294. The summed E-state index contributed by atoms with van der Waals surface area (Å²) in [5, 5.41) is 7.44. The van der Waals surface area contributed by atoms with Gasteiger partial charge in [-0.15, -0.1) is 0 Å². The average molecular weight is 191 g/mol. The maximum atomic E-state index is 5.48. The van der Waals surface area contributed by atoms with Crippen molar-refractivity contribution in [2.45, 2.75) is 13.5 Å². The molecule has 0 bridgehead atoms. The van der Waals surface area contributed by atoms with E-state index in [0.717, 1.165) is 5.56 Å². The first-order valence-corrected chi connectivity index (χ1v) is 4.11. The largest absolute Gasteiger partial charge is 0.325 e. The van der Waals surface area contributed by atoms with Crippen LogP contribution in [0.15, 0.2) is 17.2 Å². The van der Waals surface area contributed by atoms with Gasteiger partial charge in [0.2, 0.25) is 0 Å². The SMILES string of the molecule is Cc1cncnc1-c1nonc1CN. The third-order valence-corrected chi connectivity index (χ3v) is 1.87. The van der Waals surface area contributed by atoms with Crippen LogP contribution in [0.5, 0.6) is 0 Å². The molecule has 2 rings (SSSR count). The highest BCUT2D eigenvalue weighted by Gasteiger charge is 2.13. The molecule has 14 heavy (non-hydrogen) atoms. The standard InChI is InChI=1S/C8H9N5O/c1-5-3-10-4-11-7(5)8-6(2-9)12-14-13-8/h3-4H,2,9H2,1H3. The van der Waals surface area contributed by atoms with E-state index in [1.165, 1.54) is 6.33 Å². The first kappa shape index (κ1) is 8.76. The molecule has 0 aliphatic carbocycles. The Labute approximate surface area is 80.1 Å². The van der Waals surface area contributed by atoms with Gasteiger partial charge in [-0.2, -0.15) is 0 Å². The molecule has 72 valence electrons. The maximum absolute atomic E-state index is 5.48. The third kappa shape index (κ3) is 1.35. The van der Waals surface area contributed by atoms with Gasteiger partial charge in [0.15, 0.2) is 5.69 Å². The summed E-state index contributed by atoms with van der Waals surface area (Å²) in [6, 6.07) is 0. The first-order chi connectivity index (χ1) is 6.83. The highest BCUT2D eigenvalue weighted by atomic mass is 16.6. The Balaban J connectivity index is 2.54. The molecule has 2 N–H and O–H groups in total. The number of hydrogen-bond donors (Lipinski definition) is 1. The monoisotopic (exact) mass is 191 g/mol. The normalized spacial score (nSPS) is 10.4. The zero-order valence-electron chi connectivity index (χ0n) is 7.64. The number of hydrogen-bond acceptors (Lipinski definition) is 6. The van der Waals surface area contributed by atoms with E-state index < -0.39 is 0 Å². The van der Waals surface area contributed by atoms with Crippen LogP contribution < -0.4 is 5.73 Å². The number of nitrogens with two attached hydrogens (primary N) is 1. The summed E-state index contributed by atoms with van der Waals surface area (Å²) in [7, 11) is 0. The van der Waals surface area contributed by atoms with Crippen LogP contribution in [0.3, 0.4) is 0 Å². The second-order valence-electron chi connectivity index (χ2n) is 2.82. The zero-order chi connectivity index (χ0) is 9.97. The molecule has 0 saturated heterocycles. The molecule has 0 atom stereocenters. The Hall–Kier alpha value is -1.82. The van der Waals surface area contributed by atoms with Crippen molar-refractivity contribution in [2.24, 2.45) is 5.73 Å². The van der Waals surface area contributed by atoms with Crippen LogP contribution in [-0.2, 0) is 6.54 Å². The summed E-state index contributed by atoms with van der Waals surface area (Å²) < 4.78 is 4.61. The van der Waals surface area contributed by atoms with E-state index >= 15 is 0 Å². The Morgan fingerprint density at radius 2 is 2.21 bits per heavy atom. The van der Waals surface area contributed by atoms with Crippen LogP contribution in [0.4, 0.5) is 0 Å². The smallest absolute Gasteiger partial charge is 0.158 e. The van der Waals surface area contributed by atoms with Gasteiger partial charge in [0.05, 0.1) is 0 Å². The lowest BCUT2D eigenvalue weighted by molar-refractivity contribution is 0.304. The molecule has 0 saturated carbocycles. The Morgan fingerprint density at radius 1 is 1.36 bits per heavy atom. The van der Waals surface area contributed by atoms with Gasteiger partial charge >= 0.3 is 0 Å². The minimum Gasteiger partial charge on any atom is -0.325 e. The molecule has 0 aliphatic rings. The molecule has 0 unspecified atom stereocenters. The number of aryl methyl sites for hydroxylation is 1. The summed E-state index contributed by atoms with van der Waals surface area (Å²) in [4.78, 5) is 7.99. The molecule has 0 amide bonds. The minimum absolute atomic E-state index is 0.280. The summed E-state index contributed by atoms with van der Waals surface area (Å²) in [5.41, 5.74) is 8.29. The van der Waals surface area contributed by atoms with Gasteiger partial charge in [-0.25, -0.2) is 14.6 Å². The zero-order valence-corrected chi connectivity index (χ0v) is 7.64. The van der Waals surface area contributed by atoms with Crippen LogP contribution in [0.2, 0.25) is 0 Å². The van der Waals surface area contributed by atoms with E-state index in [9.17, 15) is 0 Å². The van der Waals surface area contributed by atoms with Gasteiger partial charge in [-0.3, -0.25) is 0 Å². The molecule has 2 aromatic heterocycles. The van der Waals surface area contributed by atoms with Crippen LogP contribution in [-0.4, -0.2) is 20.3 Å². The molecule has 6 heteroatoms. The Morgan fingerprint density at radius 3 is 2.93 bits per heavy atom. The van der Waals surface area contributed by atoms with E-state index in [0.29, 0.717) is 17.1 Å². The summed E-state index contributed by atoms with van der Waals surface area (Å²) in [5.74, 6) is 0. The average Bonchev–Trinajstić information content (AvgIpc) is 2.66. The summed E-state index contributed by atoms with van der Waals surface area (Å²) in [6.45, 7) is 2.17. The molecule has 0 radical (unpaired) electrons. The van der Waals surface area contributed by atoms with Gasteiger partial charge < -0.3 is 5.73 Å².